The highest BCUT2D eigenvalue weighted by Gasteiger charge is 2.36. The van der Waals surface area contributed by atoms with Gasteiger partial charge in [0.2, 0.25) is 12.7 Å². The Bertz CT molecular complexity index is 1910. The zero-order chi connectivity index (χ0) is 31.2. The molecule has 19 heteroatoms. The first kappa shape index (κ1) is 30.5. The quantitative estimate of drug-likeness (QED) is 0.237. The van der Waals surface area contributed by atoms with Gasteiger partial charge in [-0.25, -0.2) is 0 Å². The second-order valence-electron chi connectivity index (χ2n) is 9.24. The van der Waals surface area contributed by atoms with Crippen LogP contribution in [-0.2, 0) is 31.0 Å². The molecule has 1 aromatic heterocycles. The first-order valence-corrected chi connectivity index (χ1v) is 15.9. The van der Waals surface area contributed by atoms with Gasteiger partial charge in [0.1, 0.15) is 27.0 Å². The lowest BCUT2D eigenvalue weighted by Crippen LogP contribution is -2.36. The van der Waals surface area contributed by atoms with E-state index in [0.717, 1.165) is 32.6 Å². The minimum Gasteiger partial charge on any atom is -0.480 e. The topological polar surface area (TPSA) is 202 Å². The summed E-state index contributed by atoms with van der Waals surface area (Å²) in [7, 11) is -4.24. The minimum atomic E-state index is -4.24. The fourth-order valence-electron chi connectivity index (χ4n) is 4.42. The molecule has 0 atom stereocenters. The van der Waals surface area contributed by atoms with Gasteiger partial charge in [-0.05, 0) is 19.4 Å². The van der Waals surface area contributed by atoms with Crippen molar-refractivity contribution in [3.05, 3.63) is 43.1 Å². The number of aliphatic carboxylic acids is 2. The summed E-state index contributed by atoms with van der Waals surface area (Å²) in [5.74, 6) is -2.47. The molecule has 228 valence electrons. The molecule has 3 aliphatic rings. The number of fused-ring (bicyclic) bond motifs is 2. The standard InChI is InChI=1S/C24H21N3O12S4/c1-11(22-25(3-2-4-43(34,35)36)12-6-14-15(38-10-37-14)7-13(12)39-22)5-16-20(32)26(8-17(28)29)23(41-16)19-21(33)27(9-18(30)31)24(40)42-19/h5-7H,2-4,8-10H2,1H3,(H,28,29)(H,30,31)(H,34,35,36)/b16-5+,22-11+,23-19-. The fourth-order valence-corrected chi connectivity index (χ4v) is 7.47. The van der Waals surface area contributed by atoms with E-state index in [1.54, 1.807) is 24.0 Å². The van der Waals surface area contributed by atoms with Crippen molar-refractivity contribution in [3.63, 3.8) is 0 Å². The minimum absolute atomic E-state index is 0.00644. The molecule has 0 spiro atoms. The number of benzene rings is 1. The van der Waals surface area contributed by atoms with Crippen LogP contribution < -0.4 is 33.9 Å². The number of allylic oxidation sites excluding steroid dienone is 1. The lowest BCUT2D eigenvalue weighted by molar-refractivity contribution is -0.140. The molecule has 5 rings (SSSR count). The van der Waals surface area contributed by atoms with Gasteiger partial charge >= 0.3 is 11.9 Å². The number of nitrogens with zero attached hydrogens (tertiary/aromatic N) is 3. The van der Waals surface area contributed by atoms with Gasteiger partial charge in [0.15, 0.2) is 17.2 Å². The molecular weight excluding hydrogens is 651 g/mol. The number of carbonyl (C=O) groups excluding carboxylic acids is 1. The van der Waals surface area contributed by atoms with Crippen LogP contribution in [0.4, 0.5) is 5.69 Å². The summed E-state index contributed by atoms with van der Waals surface area (Å²) in [4.78, 5) is 51.6. The summed E-state index contributed by atoms with van der Waals surface area (Å²) in [5.41, 5.74) is 0.184. The number of carboxylic acid groups (broad SMARTS) is 2. The molecule has 0 aliphatic carbocycles. The van der Waals surface area contributed by atoms with Crippen LogP contribution in [0.2, 0.25) is 0 Å². The molecule has 0 saturated carbocycles. The van der Waals surface area contributed by atoms with Gasteiger partial charge in [-0.1, -0.05) is 24.0 Å². The largest absolute Gasteiger partial charge is 0.480 e. The average molecular weight is 672 g/mol. The molecular formula is C24H21N3O12S4. The highest BCUT2D eigenvalue weighted by Crippen LogP contribution is 2.48. The predicted molar refractivity (Wildman–Crippen MR) is 157 cm³/mol. The number of carbonyl (C=O) groups is 3. The smallest absolute Gasteiger partial charge is 0.323 e. The molecule has 3 N–H and O–H groups in total. The molecule has 15 nitrogen and oxygen atoms in total. The maximum Gasteiger partial charge on any atom is 0.323 e. The van der Waals surface area contributed by atoms with Gasteiger partial charge in [-0.15, -0.1) is 11.3 Å². The number of thiazole rings is 1. The molecule has 1 aromatic carbocycles. The van der Waals surface area contributed by atoms with E-state index >= 15 is 0 Å². The maximum absolute atomic E-state index is 13.4. The SMILES string of the molecule is CC(/C=c1/s/c(=C2\SC(=S)N(CC(=O)O)C2=O)n(CC(=O)O)c1=O)=C1\Oc2cc3c(cc2N1CCCS(=O)(=O)O)OCO3. The van der Waals surface area contributed by atoms with Crippen LogP contribution >= 0.6 is 35.3 Å². The van der Waals surface area contributed by atoms with Gasteiger partial charge in [-0.3, -0.25) is 33.2 Å². The summed E-state index contributed by atoms with van der Waals surface area (Å²) in [6, 6.07) is 3.25. The van der Waals surface area contributed by atoms with E-state index in [9.17, 15) is 37.3 Å². The molecule has 1 fully saturated rings. The molecule has 0 unspecified atom stereocenters. The number of hydrogen-bond acceptors (Lipinski definition) is 13. The Balaban J connectivity index is 1.62. The van der Waals surface area contributed by atoms with E-state index in [2.05, 4.69) is 0 Å². The van der Waals surface area contributed by atoms with E-state index in [-0.39, 0.29) is 44.1 Å². The highest BCUT2D eigenvalue weighted by atomic mass is 32.2. The number of amides is 1. The van der Waals surface area contributed by atoms with Gasteiger partial charge in [-0.2, -0.15) is 8.42 Å². The van der Waals surface area contributed by atoms with Gasteiger partial charge in [0, 0.05) is 24.3 Å². The lowest BCUT2D eigenvalue weighted by Gasteiger charge is -2.19. The molecule has 3 aliphatic heterocycles. The zero-order valence-electron chi connectivity index (χ0n) is 22.0. The Morgan fingerprint density at radius 2 is 1.74 bits per heavy atom. The molecule has 1 amide bonds. The van der Waals surface area contributed by atoms with E-state index in [1.807, 2.05) is 0 Å². The zero-order valence-corrected chi connectivity index (χ0v) is 25.2. The number of ether oxygens (including phenoxy) is 3. The van der Waals surface area contributed by atoms with Crippen molar-refractivity contribution in [2.24, 2.45) is 0 Å². The van der Waals surface area contributed by atoms with E-state index in [0.29, 0.717) is 28.5 Å². The number of aromatic nitrogens is 1. The van der Waals surface area contributed by atoms with Gasteiger partial charge in [0.05, 0.1) is 16.0 Å². The third-order valence-electron chi connectivity index (χ3n) is 6.20. The normalized spacial score (nSPS) is 18.8. The fraction of sp³-hybridized carbons (Fsp3) is 0.292. The maximum atomic E-state index is 13.4. The lowest BCUT2D eigenvalue weighted by atomic mass is 10.2. The van der Waals surface area contributed by atoms with Crippen LogP contribution in [0.3, 0.4) is 0 Å². The van der Waals surface area contributed by atoms with Crippen molar-refractivity contribution >= 4 is 84.3 Å². The van der Waals surface area contributed by atoms with E-state index in [1.165, 1.54) is 6.08 Å². The summed E-state index contributed by atoms with van der Waals surface area (Å²) in [6.07, 6.45) is 1.45. The first-order valence-electron chi connectivity index (χ1n) is 12.2. The summed E-state index contributed by atoms with van der Waals surface area (Å²) >= 11 is 6.73. The number of thioether (sulfide) groups is 1. The number of thiocarbonyl (C=S) groups is 1. The van der Waals surface area contributed by atoms with Crippen molar-refractivity contribution in [2.45, 2.75) is 19.9 Å². The highest BCUT2D eigenvalue weighted by molar-refractivity contribution is 8.30. The molecule has 4 heterocycles. The number of anilines is 1. The van der Waals surface area contributed by atoms with Crippen LogP contribution in [-0.4, -0.2) is 80.5 Å². The Hall–Kier alpha value is -3.91. The molecule has 43 heavy (non-hydrogen) atoms. The Labute approximate surface area is 255 Å². The Morgan fingerprint density at radius 3 is 2.40 bits per heavy atom. The van der Waals surface area contributed by atoms with Crippen LogP contribution in [0.15, 0.2) is 28.4 Å². The van der Waals surface area contributed by atoms with Gasteiger partial charge in [0.25, 0.3) is 21.6 Å². The van der Waals surface area contributed by atoms with E-state index in [4.69, 9.17) is 31.5 Å². The molecule has 2 aromatic rings. The third-order valence-corrected chi connectivity index (χ3v) is 9.71. The second-order valence-corrected chi connectivity index (χ2v) is 13.5. The molecule has 0 bridgehead atoms. The third kappa shape index (κ3) is 6.25. The van der Waals surface area contributed by atoms with Crippen LogP contribution in [0, 0.1) is 0 Å². The van der Waals surface area contributed by atoms with Crippen molar-refractivity contribution in [3.8, 4) is 17.2 Å². The average Bonchev–Trinajstić information content (AvgIpc) is 3.65. The molecule has 1 saturated heterocycles. The van der Waals surface area contributed by atoms with Crippen LogP contribution in [0.5, 0.6) is 17.2 Å². The van der Waals surface area contributed by atoms with Crippen LogP contribution in [0.1, 0.15) is 13.3 Å². The van der Waals surface area contributed by atoms with Crippen molar-refractivity contribution in [2.75, 3.05) is 30.5 Å². The van der Waals surface area contributed by atoms with E-state index < -0.39 is 52.4 Å². The predicted octanol–water partition coefficient (Wildman–Crippen LogP) is -0.0349. The van der Waals surface area contributed by atoms with Crippen molar-refractivity contribution in [1.82, 2.24) is 9.47 Å². The van der Waals surface area contributed by atoms with Gasteiger partial charge < -0.3 is 29.3 Å². The monoisotopic (exact) mass is 671 g/mol. The summed E-state index contributed by atoms with van der Waals surface area (Å²) < 4.78 is 49.7. The summed E-state index contributed by atoms with van der Waals surface area (Å²) in [5, 5.41) is 18.6. The number of hydrogen-bond donors (Lipinski definition) is 3. The van der Waals surface area contributed by atoms with Crippen molar-refractivity contribution in [1.29, 1.82) is 0 Å². The summed E-state index contributed by atoms with van der Waals surface area (Å²) in [6.45, 7) is 0.249. The Morgan fingerprint density at radius 1 is 1.07 bits per heavy atom. The number of rotatable bonds is 9. The molecule has 0 radical (unpaired) electrons. The van der Waals surface area contributed by atoms with Crippen molar-refractivity contribution < 1.29 is 51.8 Å². The number of carboxylic acids is 2. The second kappa shape index (κ2) is 11.6. The van der Waals surface area contributed by atoms with Crippen LogP contribution in [0.25, 0.3) is 11.0 Å². The Kier molecular flexibility index (Phi) is 8.27. The first-order chi connectivity index (χ1) is 20.2.